The molecule has 2 heterocycles. The van der Waals surface area contributed by atoms with Crippen LogP contribution in [0.5, 0.6) is 0 Å². The van der Waals surface area contributed by atoms with Crippen LogP contribution in [-0.2, 0) is 23.6 Å². The van der Waals surface area contributed by atoms with Crippen LogP contribution in [0.4, 0.5) is 11.6 Å². The van der Waals surface area contributed by atoms with Crippen molar-refractivity contribution in [3.63, 3.8) is 0 Å². The van der Waals surface area contributed by atoms with Crippen LogP contribution in [0.2, 0.25) is 0 Å². The fraction of sp³-hybridized carbons (Fsp3) is 0.125. The Bertz CT molecular complexity index is 1020. The van der Waals surface area contributed by atoms with Crippen LogP contribution in [0.25, 0.3) is 0 Å². The van der Waals surface area contributed by atoms with Gasteiger partial charge in [-0.25, -0.2) is 23.1 Å². The van der Waals surface area contributed by atoms with Gasteiger partial charge in [-0.15, -0.1) is 0 Å². The third-order valence-electron chi connectivity index (χ3n) is 3.43. The van der Waals surface area contributed by atoms with Gasteiger partial charge in [-0.1, -0.05) is 0 Å². The van der Waals surface area contributed by atoms with Gasteiger partial charge >= 0.3 is 0 Å². The van der Waals surface area contributed by atoms with Crippen molar-refractivity contribution in [3.05, 3.63) is 60.7 Å². The molecule has 2 aromatic heterocycles. The molecule has 0 saturated heterocycles. The summed E-state index contributed by atoms with van der Waals surface area (Å²) in [5, 5.41) is 10.6. The molecule has 0 aliphatic rings. The van der Waals surface area contributed by atoms with E-state index in [1.807, 2.05) is 13.2 Å². The summed E-state index contributed by atoms with van der Waals surface area (Å²) in [5.74, 6) is 0.0143. The molecule has 0 bridgehead atoms. The summed E-state index contributed by atoms with van der Waals surface area (Å²) in [6.45, 7) is 0.535. The van der Waals surface area contributed by atoms with Gasteiger partial charge in [-0.3, -0.25) is 4.68 Å². The van der Waals surface area contributed by atoms with Gasteiger partial charge in [0.05, 0.1) is 11.1 Å². The van der Waals surface area contributed by atoms with E-state index in [9.17, 15) is 8.42 Å². The van der Waals surface area contributed by atoms with E-state index in [2.05, 4.69) is 30.4 Å². The molecule has 0 spiro atoms. The summed E-state index contributed by atoms with van der Waals surface area (Å²) in [4.78, 5) is 7.79. The predicted octanol–water partition coefficient (Wildman–Crippen LogP) is 1.50. The van der Waals surface area contributed by atoms with Crippen LogP contribution in [0, 0.1) is 0 Å². The highest BCUT2D eigenvalue weighted by Gasteiger charge is 2.15. The Labute approximate surface area is 161 Å². The van der Waals surface area contributed by atoms with Crippen molar-refractivity contribution in [3.8, 4) is 0 Å². The number of nitrogens with zero attached hydrogens (tertiary/aromatic N) is 4. The topological polar surface area (TPSA) is 114 Å². The van der Waals surface area contributed by atoms with Crippen LogP contribution < -0.4 is 15.4 Å². The van der Waals surface area contributed by atoms with Gasteiger partial charge in [0.25, 0.3) is 10.0 Å². The van der Waals surface area contributed by atoms with E-state index >= 15 is 0 Å². The Morgan fingerprint density at radius 3 is 2.52 bits per heavy atom. The molecule has 0 aliphatic heterocycles. The maximum absolute atomic E-state index is 12.3. The molecule has 1 aromatic carbocycles. The van der Waals surface area contributed by atoms with Crippen molar-refractivity contribution in [1.82, 2.24) is 25.1 Å². The summed E-state index contributed by atoms with van der Waals surface area (Å²) in [6, 6.07) is 7.79. The Morgan fingerprint density at radius 1 is 1.19 bits per heavy atom. The Morgan fingerprint density at radius 2 is 1.89 bits per heavy atom. The number of thiocarbonyl (C=S) groups is 1. The molecule has 0 fully saturated rings. The first kappa shape index (κ1) is 18.7. The molecule has 0 radical (unpaired) electrons. The maximum Gasteiger partial charge on any atom is 0.264 e. The van der Waals surface area contributed by atoms with Crippen molar-refractivity contribution in [2.75, 3.05) is 10.0 Å². The third kappa shape index (κ3) is 5.21. The van der Waals surface area contributed by atoms with E-state index in [1.54, 1.807) is 29.1 Å². The number of benzene rings is 1. The van der Waals surface area contributed by atoms with Gasteiger partial charge in [0.1, 0.15) is 0 Å². The lowest BCUT2D eigenvalue weighted by Crippen LogP contribution is -2.27. The standard InChI is InChI=1S/C16H17N7O2S2/c1-23-11-12(10-20-23)9-19-16(26)21-13-3-5-14(6-4-13)27(24,25)22-15-17-7-2-8-18-15/h2-8,10-11H,9H2,1H3,(H,17,18,22)(H2,19,21,26). The number of rotatable bonds is 6. The molecule has 11 heteroatoms. The lowest BCUT2D eigenvalue weighted by molar-refractivity contribution is 0.601. The Hall–Kier alpha value is -3.05. The molecule has 27 heavy (non-hydrogen) atoms. The highest BCUT2D eigenvalue weighted by molar-refractivity contribution is 7.92. The molecule has 0 atom stereocenters. The Balaban J connectivity index is 1.58. The van der Waals surface area contributed by atoms with Crippen LogP contribution >= 0.6 is 12.2 Å². The number of sulfonamides is 1. The highest BCUT2D eigenvalue weighted by Crippen LogP contribution is 2.16. The average Bonchev–Trinajstić information content (AvgIpc) is 3.06. The predicted molar refractivity (Wildman–Crippen MR) is 106 cm³/mol. The normalized spacial score (nSPS) is 11.0. The maximum atomic E-state index is 12.3. The number of nitrogens with one attached hydrogen (secondary N) is 3. The number of aryl methyl sites for hydroxylation is 1. The van der Waals surface area contributed by atoms with Gasteiger partial charge < -0.3 is 10.6 Å². The fourth-order valence-electron chi connectivity index (χ4n) is 2.17. The average molecular weight is 403 g/mol. The molecule has 3 aromatic rings. The lowest BCUT2D eigenvalue weighted by Gasteiger charge is -2.11. The zero-order chi connectivity index (χ0) is 19.3. The summed E-state index contributed by atoms with van der Waals surface area (Å²) in [7, 11) is -1.92. The molecule has 0 aliphatic carbocycles. The van der Waals surface area contributed by atoms with Crippen LogP contribution in [0.15, 0.2) is 60.0 Å². The van der Waals surface area contributed by atoms with Gasteiger partial charge in [0.15, 0.2) is 5.11 Å². The van der Waals surface area contributed by atoms with Gasteiger partial charge in [0.2, 0.25) is 5.95 Å². The number of hydrogen-bond acceptors (Lipinski definition) is 6. The first-order valence-electron chi connectivity index (χ1n) is 7.85. The van der Waals surface area contributed by atoms with E-state index in [-0.39, 0.29) is 10.8 Å². The van der Waals surface area contributed by atoms with Crippen LogP contribution in [0.1, 0.15) is 5.56 Å². The SMILES string of the molecule is Cn1cc(CNC(=S)Nc2ccc(S(=O)(=O)Nc3ncccn3)cc2)cn1. The van der Waals surface area contributed by atoms with Crippen molar-refractivity contribution >= 4 is 39.0 Å². The zero-order valence-electron chi connectivity index (χ0n) is 14.3. The minimum atomic E-state index is -3.76. The van der Waals surface area contributed by atoms with E-state index in [0.29, 0.717) is 17.3 Å². The van der Waals surface area contributed by atoms with Crippen molar-refractivity contribution in [2.24, 2.45) is 7.05 Å². The molecule has 0 unspecified atom stereocenters. The first-order valence-corrected chi connectivity index (χ1v) is 9.74. The van der Waals surface area contributed by atoms with E-state index in [0.717, 1.165) is 5.56 Å². The van der Waals surface area contributed by atoms with Crippen molar-refractivity contribution in [1.29, 1.82) is 0 Å². The molecule has 0 amide bonds. The smallest absolute Gasteiger partial charge is 0.264 e. The van der Waals surface area contributed by atoms with E-state index < -0.39 is 10.0 Å². The fourth-order valence-corrected chi connectivity index (χ4v) is 3.32. The second kappa shape index (κ2) is 8.10. The van der Waals surface area contributed by atoms with Crippen molar-refractivity contribution in [2.45, 2.75) is 11.4 Å². The molecule has 140 valence electrons. The highest BCUT2D eigenvalue weighted by atomic mass is 32.2. The number of aromatic nitrogens is 4. The van der Waals surface area contributed by atoms with E-state index in [4.69, 9.17) is 12.2 Å². The molecule has 0 saturated carbocycles. The minimum Gasteiger partial charge on any atom is -0.358 e. The second-order valence-electron chi connectivity index (χ2n) is 5.53. The molecular weight excluding hydrogens is 386 g/mol. The lowest BCUT2D eigenvalue weighted by atomic mass is 10.3. The van der Waals surface area contributed by atoms with Gasteiger partial charge in [-0.2, -0.15) is 5.10 Å². The van der Waals surface area contributed by atoms with Gasteiger partial charge in [0, 0.05) is 43.4 Å². The van der Waals surface area contributed by atoms with Crippen LogP contribution in [-0.4, -0.2) is 33.3 Å². The first-order chi connectivity index (χ1) is 12.9. The van der Waals surface area contributed by atoms with Gasteiger partial charge in [-0.05, 0) is 42.5 Å². The summed E-state index contributed by atoms with van der Waals surface area (Å²) in [6.07, 6.45) is 6.55. The summed E-state index contributed by atoms with van der Waals surface area (Å²) >= 11 is 5.24. The monoisotopic (exact) mass is 403 g/mol. The van der Waals surface area contributed by atoms with Crippen LogP contribution in [0.3, 0.4) is 0 Å². The summed E-state index contributed by atoms with van der Waals surface area (Å²) < 4.78 is 28.7. The summed E-state index contributed by atoms with van der Waals surface area (Å²) in [5.41, 5.74) is 1.66. The molecular formula is C16H17N7O2S2. The molecule has 9 nitrogen and oxygen atoms in total. The van der Waals surface area contributed by atoms with Crippen molar-refractivity contribution < 1.29 is 8.42 Å². The second-order valence-corrected chi connectivity index (χ2v) is 7.62. The minimum absolute atomic E-state index is 0.0143. The number of hydrogen-bond donors (Lipinski definition) is 3. The Kier molecular flexibility index (Phi) is 5.62. The third-order valence-corrected chi connectivity index (χ3v) is 5.02. The zero-order valence-corrected chi connectivity index (χ0v) is 16.0. The number of anilines is 2. The quantitative estimate of drug-likeness (QED) is 0.531. The van der Waals surface area contributed by atoms with E-state index in [1.165, 1.54) is 24.5 Å². The molecule has 3 rings (SSSR count). The largest absolute Gasteiger partial charge is 0.358 e. The molecule has 3 N–H and O–H groups in total.